The van der Waals surface area contributed by atoms with E-state index in [-0.39, 0.29) is 34.9 Å². The Bertz CT molecular complexity index is 155. The Labute approximate surface area is 92.9 Å². The molecule has 0 aromatic rings. The van der Waals surface area contributed by atoms with Gasteiger partial charge in [-0.1, -0.05) is 31.9 Å². The van der Waals surface area contributed by atoms with Crippen molar-refractivity contribution in [1.82, 2.24) is 0 Å². The Morgan fingerprint density at radius 1 is 1.56 bits per heavy atom. The molecule has 7 heteroatoms. The van der Waals surface area contributed by atoms with Crippen LogP contribution in [0.1, 0.15) is 0 Å². The number of hydrogen-bond donors (Lipinski definition) is 0. The zero-order valence-corrected chi connectivity index (χ0v) is 10.7. The molecule has 0 bridgehead atoms. The minimum atomic E-state index is -4.13. The Balaban J connectivity index is 0. The summed E-state index contributed by atoms with van der Waals surface area (Å²) < 4.78 is 28.8. The van der Waals surface area contributed by atoms with Crippen LogP contribution in [0.5, 0.6) is 0 Å². The van der Waals surface area contributed by atoms with Gasteiger partial charge in [0.2, 0.25) is 0 Å². The van der Waals surface area contributed by atoms with Crippen molar-refractivity contribution in [3.05, 3.63) is 0 Å². The van der Waals surface area contributed by atoms with Gasteiger partial charge in [0.25, 0.3) is 0 Å². The Kier molecular flexibility index (Phi) is 8.24. The van der Waals surface area contributed by atoms with E-state index in [9.17, 15) is 13.0 Å². The van der Waals surface area contributed by atoms with Gasteiger partial charge in [0.15, 0.2) is 0 Å². The van der Waals surface area contributed by atoms with Crippen LogP contribution in [-0.4, -0.2) is 22.5 Å². The molecule has 0 rings (SSSR count). The van der Waals surface area contributed by atoms with Crippen LogP contribution < -0.4 is 29.6 Å². The van der Waals surface area contributed by atoms with Gasteiger partial charge >= 0.3 is 29.6 Å². The SMILES string of the molecule is O=S(=O)([O-])C(Br)CBr.[Na+]. The van der Waals surface area contributed by atoms with E-state index < -0.39 is 14.3 Å². The minimum absolute atomic E-state index is 0. The maximum Gasteiger partial charge on any atom is 1.00 e. The molecule has 0 N–H and O–H groups in total. The summed E-state index contributed by atoms with van der Waals surface area (Å²) in [6, 6.07) is 0. The van der Waals surface area contributed by atoms with E-state index in [1.165, 1.54) is 0 Å². The van der Waals surface area contributed by atoms with Crippen LogP contribution in [-0.2, 0) is 10.1 Å². The third kappa shape index (κ3) is 6.28. The Hall–Kier alpha value is 1.87. The van der Waals surface area contributed by atoms with Gasteiger partial charge < -0.3 is 4.55 Å². The largest absolute Gasteiger partial charge is 1.00 e. The summed E-state index contributed by atoms with van der Waals surface area (Å²) in [6.45, 7) is 0. The predicted octanol–water partition coefficient (Wildman–Crippen LogP) is -2.35. The van der Waals surface area contributed by atoms with Crippen molar-refractivity contribution in [3.63, 3.8) is 0 Å². The molecule has 0 aromatic heterocycles. The molecule has 0 aliphatic carbocycles. The van der Waals surface area contributed by atoms with Crippen LogP contribution >= 0.6 is 31.9 Å². The summed E-state index contributed by atoms with van der Waals surface area (Å²) in [5, 5.41) is 0.124. The van der Waals surface area contributed by atoms with E-state index in [1.54, 1.807) is 0 Å². The molecule has 0 aliphatic rings. The summed E-state index contributed by atoms with van der Waals surface area (Å²) in [6.07, 6.45) is 0. The van der Waals surface area contributed by atoms with E-state index in [1.807, 2.05) is 0 Å². The van der Waals surface area contributed by atoms with Gasteiger partial charge in [-0.25, -0.2) is 8.42 Å². The summed E-state index contributed by atoms with van der Waals surface area (Å²) >= 11 is 5.47. The molecule has 50 valence electrons. The Morgan fingerprint density at radius 2 is 1.89 bits per heavy atom. The standard InChI is InChI=1S/C2H4Br2O3S.Na/c3-1-2(4)8(5,6)7;/h2H,1H2,(H,5,6,7);/q;+1/p-1. The summed E-state index contributed by atoms with van der Waals surface area (Å²) in [7, 11) is -4.13. The Morgan fingerprint density at radius 3 is 1.89 bits per heavy atom. The van der Waals surface area contributed by atoms with Crippen LogP contribution in [0.25, 0.3) is 0 Å². The average molecular weight is 290 g/mol. The molecule has 0 heterocycles. The number of halogens is 2. The second-order valence-electron chi connectivity index (χ2n) is 1.06. The van der Waals surface area contributed by atoms with Gasteiger partial charge in [-0.2, -0.15) is 0 Å². The second-order valence-corrected chi connectivity index (χ2v) is 4.97. The van der Waals surface area contributed by atoms with Gasteiger partial charge in [0, 0.05) is 5.33 Å². The molecule has 0 saturated carbocycles. The molecule has 0 aliphatic heterocycles. The van der Waals surface area contributed by atoms with Gasteiger partial charge in [0.1, 0.15) is 14.3 Å². The second kappa shape index (κ2) is 5.51. The van der Waals surface area contributed by atoms with Crippen molar-refractivity contribution < 1.29 is 42.5 Å². The molecular weight excluding hydrogens is 287 g/mol. The quantitative estimate of drug-likeness (QED) is 0.325. The van der Waals surface area contributed by atoms with Gasteiger partial charge in [-0.3, -0.25) is 0 Å². The first-order valence-electron chi connectivity index (χ1n) is 1.63. The van der Waals surface area contributed by atoms with E-state index in [0.29, 0.717) is 0 Å². The monoisotopic (exact) mass is 288 g/mol. The normalized spacial score (nSPS) is 14.1. The van der Waals surface area contributed by atoms with Crippen LogP contribution in [0.2, 0.25) is 0 Å². The fourth-order valence-corrected chi connectivity index (χ4v) is 1.20. The summed E-state index contributed by atoms with van der Waals surface area (Å²) in [4.78, 5) is 0. The van der Waals surface area contributed by atoms with Crippen LogP contribution in [0.15, 0.2) is 0 Å². The van der Waals surface area contributed by atoms with E-state index >= 15 is 0 Å². The van der Waals surface area contributed by atoms with Crippen molar-refractivity contribution in [1.29, 1.82) is 0 Å². The average Bonchev–Trinajstić information content (AvgIpc) is 1.62. The molecule has 1 unspecified atom stereocenters. The third-order valence-electron chi connectivity index (χ3n) is 0.435. The summed E-state index contributed by atoms with van der Waals surface area (Å²) in [5.74, 6) is 0. The van der Waals surface area contributed by atoms with E-state index in [2.05, 4.69) is 31.9 Å². The van der Waals surface area contributed by atoms with Crippen molar-refractivity contribution in [2.45, 2.75) is 4.16 Å². The van der Waals surface area contributed by atoms with Gasteiger partial charge in [-0.05, 0) is 0 Å². The van der Waals surface area contributed by atoms with Gasteiger partial charge in [-0.15, -0.1) is 0 Å². The number of hydrogen-bond acceptors (Lipinski definition) is 3. The topological polar surface area (TPSA) is 57.2 Å². The van der Waals surface area contributed by atoms with Crippen molar-refractivity contribution in [2.75, 3.05) is 5.33 Å². The molecule has 0 spiro atoms. The minimum Gasteiger partial charge on any atom is -0.747 e. The van der Waals surface area contributed by atoms with E-state index in [0.717, 1.165) is 0 Å². The van der Waals surface area contributed by atoms with Crippen molar-refractivity contribution >= 4 is 42.0 Å². The maximum atomic E-state index is 9.93. The molecule has 0 saturated heterocycles. The van der Waals surface area contributed by atoms with Crippen LogP contribution in [0.4, 0.5) is 0 Å². The molecule has 0 amide bonds. The zero-order valence-electron chi connectivity index (χ0n) is 4.67. The molecule has 3 nitrogen and oxygen atoms in total. The molecule has 0 fully saturated rings. The van der Waals surface area contributed by atoms with E-state index in [4.69, 9.17) is 0 Å². The molecule has 9 heavy (non-hydrogen) atoms. The first-order valence-corrected chi connectivity index (χ1v) is 5.14. The third-order valence-corrected chi connectivity index (χ3v) is 4.87. The number of alkyl halides is 2. The molecule has 1 atom stereocenters. The number of rotatable bonds is 2. The first kappa shape index (κ1) is 13.5. The fourth-order valence-electron chi connectivity index (χ4n) is 0.0772. The molecule has 0 radical (unpaired) electrons. The molecular formula is C2H3Br2NaO3S. The van der Waals surface area contributed by atoms with Crippen molar-refractivity contribution in [3.8, 4) is 0 Å². The summed E-state index contributed by atoms with van der Waals surface area (Å²) in [5.41, 5.74) is 0. The first-order chi connectivity index (χ1) is 3.48. The predicted molar refractivity (Wildman–Crippen MR) is 36.2 cm³/mol. The van der Waals surface area contributed by atoms with Gasteiger partial charge in [0.05, 0.1) is 0 Å². The van der Waals surface area contributed by atoms with Crippen LogP contribution in [0, 0.1) is 0 Å². The van der Waals surface area contributed by atoms with Crippen LogP contribution in [0.3, 0.4) is 0 Å². The zero-order chi connectivity index (χ0) is 6.78. The van der Waals surface area contributed by atoms with Crippen molar-refractivity contribution in [2.24, 2.45) is 0 Å². The fraction of sp³-hybridized carbons (Fsp3) is 1.00. The smallest absolute Gasteiger partial charge is 0.747 e. The maximum absolute atomic E-state index is 9.93. The molecule has 0 aromatic carbocycles.